The topological polar surface area (TPSA) is 93.8 Å². The summed E-state index contributed by atoms with van der Waals surface area (Å²) in [5.41, 5.74) is 0.964. The summed E-state index contributed by atoms with van der Waals surface area (Å²) in [6, 6.07) is 10.6. The lowest BCUT2D eigenvalue weighted by atomic mass is 9.88. The highest BCUT2D eigenvalue weighted by atomic mass is 79.9. The second-order valence-corrected chi connectivity index (χ2v) is 9.52. The third-order valence-electron chi connectivity index (χ3n) is 5.44. The Kier molecular flexibility index (Phi) is 7.05. The Morgan fingerprint density at radius 2 is 1.88 bits per heavy atom. The zero-order valence-corrected chi connectivity index (χ0v) is 20.3. The highest BCUT2D eigenvalue weighted by Crippen LogP contribution is 2.32. The molecule has 0 unspecified atom stereocenters. The number of nitrogens with zero attached hydrogens (tertiary/aromatic N) is 3. The molecular weight excluding hydrogens is 542 g/mol. The molecule has 4 rings (SSSR count). The largest absolute Gasteiger partial charge is 0.481 e. The van der Waals surface area contributed by atoms with Crippen molar-refractivity contribution in [1.29, 1.82) is 0 Å². The molecule has 32 heavy (non-hydrogen) atoms. The smallest absolute Gasteiger partial charge is 0.341 e. The molecule has 1 fully saturated rings. The monoisotopic (exact) mass is 561 g/mol. The van der Waals surface area contributed by atoms with Crippen LogP contribution < -0.4 is 10.3 Å². The van der Waals surface area contributed by atoms with E-state index in [1.165, 1.54) is 17.3 Å². The molecule has 0 saturated heterocycles. The molecule has 1 N–H and O–H groups in total. The van der Waals surface area contributed by atoms with Gasteiger partial charge in [-0.3, -0.25) is 4.79 Å². The Morgan fingerprint density at radius 1 is 1.16 bits per heavy atom. The van der Waals surface area contributed by atoms with Crippen LogP contribution in [0.15, 0.2) is 55.2 Å². The Balaban J connectivity index is 1.82. The average Bonchev–Trinajstić information content (AvgIpc) is 2.78. The van der Waals surface area contributed by atoms with E-state index in [0.29, 0.717) is 28.0 Å². The van der Waals surface area contributed by atoms with Gasteiger partial charge in [0.25, 0.3) is 5.56 Å². The number of carboxylic acids is 1. The summed E-state index contributed by atoms with van der Waals surface area (Å²) in [5.74, 6) is 0.106. The molecule has 0 amide bonds. The number of halogens is 2. The molecule has 0 spiro atoms. The minimum absolute atomic E-state index is 0.159. The van der Waals surface area contributed by atoms with Crippen LogP contribution in [-0.4, -0.2) is 33.6 Å². The molecule has 1 heterocycles. The second kappa shape index (κ2) is 9.95. The second-order valence-electron chi connectivity index (χ2n) is 7.69. The summed E-state index contributed by atoms with van der Waals surface area (Å²) in [6.07, 6.45) is 6.83. The lowest BCUT2D eigenvalue weighted by molar-refractivity contribution is -0.139. The van der Waals surface area contributed by atoms with Gasteiger partial charge in [0, 0.05) is 20.4 Å². The lowest BCUT2D eigenvalue weighted by Gasteiger charge is -2.22. The van der Waals surface area contributed by atoms with Crippen LogP contribution in [0.2, 0.25) is 0 Å². The number of benzene rings is 2. The van der Waals surface area contributed by atoms with Crippen LogP contribution in [0.4, 0.5) is 0 Å². The number of carboxylic acid groups (broad SMARTS) is 1. The van der Waals surface area contributed by atoms with Crippen molar-refractivity contribution < 1.29 is 14.6 Å². The predicted octanol–water partition coefficient (Wildman–Crippen LogP) is 5.31. The van der Waals surface area contributed by atoms with E-state index >= 15 is 0 Å². The Hall–Kier alpha value is -2.52. The van der Waals surface area contributed by atoms with Crippen LogP contribution in [0.1, 0.15) is 49.4 Å². The number of carbonyl (C=O) groups is 1. The molecule has 3 aromatic rings. The molecule has 1 saturated carbocycles. The fourth-order valence-electron chi connectivity index (χ4n) is 3.91. The summed E-state index contributed by atoms with van der Waals surface area (Å²) in [5, 5.41) is 13.9. The highest BCUT2D eigenvalue weighted by molar-refractivity contribution is 9.10. The van der Waals surface area contributed by atoms with Gasteiger partial charge in [0.2, 0.25) is 0 Å². The third kappa shape index (κ3) is 5.10. The van der Waals surface area contributed by atoms with E-state index in [0.717, 1.165) is 34.6 Å². The molecule has 1 aromatic heterocycles. The molecule has 166 valence electrons. The zero-order valence-electron chi connectivity index (χ0n) is 17.1. The van der Waals surface area contributed by atoms with E-state index in [9.17, 15) is 9.59 Å². The van der Waals surface area contributed by atoms with E-state index in [1.54, 1.807) is 24.3 Å². The first-order valence-corrected chi connectivity index (χ1v) is 11.9. The van der Waals surface area contributed by atoms with Crippen molar-refractivity contribution in [3.63, 3.8) is 0 Å². The molecule has 0 atom stereocenters. The first-order valence-electron chi connectivity index (χ1n) is 10.3. The number of rotatable bonds is 6. The van der Waals surface area contributed by atoms with Crippen LogP contribution in [0.25, 0.3) is 10.9 Å². The number of fused-ring (bicyclic) bond motifs is 1. The quantitative estimate of drug-likeness (QED) is 0.411. The van der Waals surface area contributed by atoms with Crippen LogP contribution in [0.5, 0.6) is 5.75 Å². The predicted molar refractivity (Wildman–Crippen MR) is 130 cm³/mol. The van der Waals surface area contributed by atoms with Gasteiger partial charge in [0.15, 0.2) is 6.61 Å². The van der Waals surface area contributed by atoms with Gasteiger partial charge in [-0.25, -0.2) is 9.78 Å². The number of aliphatic carboxylic acids is 1. The molecule has 9 heteroatoms. The average molecular weight is 563 g/mol. The molecule has 0 aliphatic heterocycles. The Labute approximate surface area is 201 Å². The molecule has 1 aliphatic rings. The van der Waals surface area contributed by atoms with Crippen molar-refractivity contribution >= 4 is 54.9 Å². The third-order valence-corrected chi connectivity index (χ3v) is 6.43. The number of aromatic nitrogens is 2. The van der Waals surface area contributed by atoms with E-state index < -0.39 is 12.6 Å². The fourth-order valence-corrected chi connectivity index (χ4v) is 4.65. The molecule has 7 nitrogen and oxygen atoms in total. The number of ether oxygens (including phenoxy) is 1. The number of hydrogen-bond donors (Lipinski definition) is 1. The normalized spacial score (nSPS) is 14.8. The van der Waals surface area contributed by atoms with Gasteiger partial charge in [0.05, 0.1) is 17.1 Å². The summed E-state index contributed by atoms with van der Waals surface area (Å²) in [7, 11) is 0. The SMILES string of the molecule is O=C(O)COc1ccc(Br)cc1C=Nn1c(C2CCCCC2)nc2ccc(Br)cc2c1=O. The van der Waals surface area contributed by atoms with Gasteiger partial charge in [-0.2, -0.15) is 9.78 Å². The maximum atomic E-state index is 13.4. The van der Waals surface area contributed by atoms with Crippen molar-refractivity contribution in [1.82, 2.24) is 9.66 Å². The zero-order chi connectivity index (χ0) is 22.7. The first-order chi connectivity index (χ1) is 15.4. The van der Waals surface area contributed by atoms with Crippen LogP contribution in [-0.2, 0) is 4.79 Å². The fraction of sp³-hybridized carbons (Fsp3) is 0.304. The molecule has 2 aromatic carbocycles. The van der Waals surface area contributed by atoms with Crippen molar-refractivity contribution in [2.24, 2.45) is 5.10 Å². The molecule has 0 radical (unpaired) electrons. The van der Waals surface area contributed by atoms with Gasteiger partial charge in [-0.15, -0.1) is 0 Å². The van der Waals surface area contributed by atoms with E-state index in [4.69, 9.17) is 14.8 Å². The van der Waals surface area contributed by atoms with Gasteiger partial charge in [-0.1, -0.05) is 51.1 Å². The maximum Gasteiger partial charge on any atom is 0.341 e. The Bertz CT molecular complexity index is 1250. The van der Waals surface area contributed by atoms with Crippen molar-refractivity contribution in [2.75, 3.05) is 6.61 Å². The van der Waals surface area contributed by atoms with Crippen molar-refractivity contribution in [3.8, 4) is 5.75 Å². The summed E-state index contributed by atoms with van der Waals surface area (Å²) in [6.45, 7) is -0.471. The molecule has 1 aliphatic carbocycles. The van der Waals surface area contributed by atoms with Crippen molar-refractivity contribution in [2.45, 2.75) is 38.0 Å². The Morgan fingerprint density at radius 3 is 2.62 bits per heavy atom. The van der Waals surface area contributed by atoms with Gasteiger partial charge in [0.1, 0.15) is 11.6 Å². The van der Waals surface area contributed by atoms with Crippen LogP contribution in [0.3, 0.4) is 0 Å². The van der Waals surface area contributed by atoms with Gasteiger partial charge in [-0.05, 0) is 49.2 Å². The standard InChI is InChI=1S/C23H21Br2N3O4/c24-16-7-9-20(32-13-21(29)30)15(10-16)12-26-28-22(14-4-2-1-3-5-14)27-19-8-6-17(25)11-18(19)23(28)31/h6-12,14H,1-5,13H2,(H,29,30). The number of hydrogen-bond acceptors (Lipinski definition) is 5. The van der Waals surface area contributed by atoms with Crippen molar-refractivity contribution in [3.05, 3.63) is 67.1 Å². The van der Waals surface area contributed by atoms with Gasteiger partial charge >= 0.3 is 5.97 Å². The minimum Gasteiger partial charge on any atom is -0.481 e. The maximum absolute atomic E-state index is 13.4. The minimum atomic E-state index is -1.07. The molecular formula is C23H21Br2N3O4. The van der Waals surface area contributed by atoms with Crippen LogP contribution >= 0.6 is 31.9 Å². The van der Waals surface area contributed by atoms with E-state index in [2.05, 4.69) is 37.0 Å². The first kappa shape index (κ1) is 22.7. The van der Waals surface area contributed by atoms with E-state index in [1.807, 2.05) is 12.1 Å². The lowest BCUT2D eigenvalue weighted by Crippen LogP contribution is -2.25. The molecule has 0 bridgehead atoms. The highest BCUT2D eigenvalue weighted by Gasteiger charge is 2.22. The summed E-state index contributed by atoms with van der Waals surface area (Å²) >= 11 is 6.84. The van der Waals surface area contributed by atoms with Gasteiger partial charge < -0.3 is 9.84 Å². The van der Waals surface area contributed by atoms with Crippen LogP contribution in [0, 0.1) is 0 Å². The van der Waals surface area contributed by atoms with E-state index in [-0.39, 0.29) is 11.5 Å². The summed E-state index contributed by atoms with van der Waals surface area (Å²) in [4.78, 5) is 29.1. The summed E-state index contributed by atoms with van der Waals surface area (Å²) < 4.78 is 8.34.